The second-order valence-electron chi connectivity index (χ2n) is 5.30. The minimum absolute atomic E-state index is 0.892. The van der Waals surface area contributed by atoms with E-state index in [1.807, 2.05) is 42.5 Å². The zero-order valence-electron chi connectivity index (χ0n) is 11.1. The Hall–Kier alpha value is -1.74. The highest BCUT2D eigenvalue weighted by atomic mass is 28.3. The van der Waals surface area contributed by atoms with Crippen molar-refractivity contribution in [1.29, 1.82) is 0 Å². The maximum atomic E-state index is 4.40. The Morgan fingerprint density at radius 1 is 0.722 bits per heavy atom. The summed E-state index contributed by atoms with van der Waals surface area (Å²) in [4.78, 5) is 0. The van der Waals surface area contributed by atoms with Crippen LogP contribution in [0.2, 0.25) is 19.6 Å². The van der Waals surface area contributed by atoms with Crippen molar-refractivity contribution in [2.75, 3.05) is 0 Å². The number of hydrogen-bond donors (Lipinski definition) is 0. The van der Waals surface area contributed by atoms with E-state index in [1.165, 1.54) is 5.19 Å². The van der Waals surface area contributed by atoms with Crippen molar-refractivity contribution in [1.82, 2.24) is 0 Å². The van der Waals surface area contributed by atoms with E-state index in [-0.39, 0.29) is 0 Å². The van der Waals surface area contributed by atoms with E-state index in [2.05, 4.69) is 42.0 Å². The Morgan fingerprint density at radius 2 is 1.33 bits per heavy atom. The third-order valence-corrected chi connectivity index (χ3v) is 4.78. The van der Waals surface area contributed by atoms with Crippen LogP contribution in [0.4, 0.5) is 11.4 Å². The van der Waals surface area contributed by atoms with Gasteiger partial charge in [-0.15, -0.1) is 0 Å². The Morgan fingerprint density at radius 3 is 2.00 bits per heavy atom. The van der Waals surface area contributed by atoms with Crippen molar-refractivity contribution >= 4 is 24.6 Å². The fourth-order valence-electron chi connectivity index (χ4n) is 1.80. The number of hydrogen-bond acceptors (Lipinski definition) is 2. The van der Waals surface area contributed by atoms with Gasteiger partial charge < -0.3 is 0 Å². The van der Waals surface area contributed by atoms with E-state index >= 15 is 0 Å². The van der Waals surface area contributed by atoms with E-state index in [4.69, 9.17) is 0 Å². The first-order chi connectivity index (χ1) is 8.57. The lowest BCUT2D eigenvalue weighted by Gasteiger charge is -2.17. The number of benzene rings is 2. The van der Waals surface area contributed by atoms with Crippen molar-refractivity contribution in [2.24, 2.45) is 10.2 Å². The van der Waals surface area contributed by atoms with Crippen LogP contribution in [0.15, 0.2) is 64.8 Å². The molecule has 0 unspecified atom stereocenters. The molecule has 0 bridgehead atoms. The first-order valence-corrected chi connectivity index (χ1v) is 9.64. The summed E-state index contributed by atoms with van der Waals surface area (Å²) in [5, 5.41) is 10.1. The van der Waals surface area contributed by atoms with Gasteiger partial charge in [-0.25, -0.2) is 0 Å². The zero-order chi connectivity index (χ0) is 13.0. The van der Waals surface area contributed by atoms with Gasteiger partial charge in [0.1, 0.15) is 0 Å². The Balaban J connectivity index is 2.33. The minimum Gasteiger partial charge on any atom is -0.151 e. The lowest BCUT2D eigenvalue weighted by Crippen LogP contribution is -2.37. The summed E-state index contributed by atoms with van der Waals surface area (Å²) in [5.74, 6) is 0. The Labute approximate surface area is 109 Å². The topological polar surface area (TPSA) is 24.7 Å². The minimum atomic E-state index is -1.37. The van der Waals surface area contributed by atoms with Gasteiger partial charge in [0.2, 0.25) is 0 Å². The Bertz CT molecular complexity index is 542. The molecule has 2 rings (SSSR count). The molecule has 0 N–H and O–H groups in total. The van der Waals surface area contributed by atoms with Gasteiger partial charge in [-0.3, -0.25) is 0 Å². The van der Waals surface area contributed by atoms with E-state index in [0.717, 1.165) is 11.4 Å². The molecule has 0 amide bonds. The van der Waals surface area contributed by atoms with E-state index < -0.39 is 8.07 Å². The van der Waals surface area contributed by atoms with Crippen LogP contribution in [0.3, 0.4) is 0 Å². The van der Waals surface area contributed by atoms with Crippen LogP contribution in [-0.2, 0) is 0 Å². The normalized spacial score (nSPS) is 11.9. The molecule has 18 heavy (non-hydrogen) atoms. The smallest absolute Gasteiger partial charge is 0.0857 e. The molecule has 2 aromatic rings. The summed E-state index contributed by atoms with van der Waals surface area (Å²) in [6.07, 6.45) is 0. The van der Waals surface area contributed by atoms with Crippen molar-refractivity contribution in [2.45, 2.75) is 19.6 Å². The maximum Gasteiger partial charge on any atom is 0.0857 e. The average Bonchev–Trinajstić information content (AvgIpc) is 2.37. The number of nitrogens with zero attached hydrogens (tertiary/aromatic N) is 2. The molecule has 0 aliphatic heterocycles. The van der Waals surface area contributed by atoms with Crippen LogP contribution in [0, 0.1) is 0 Å². The lowest BCUT2D eigenvalue weighted by atomic mass is 10.3. The third kappa shape index (κ3) is 3.14. The van der Waals surface area contributed by atoms with Crippen LogP contribution in [0.25, 0.3) is 0 Å². The third-order valence-electron chi connectivity index (χ3n) is 2.74. The summed E-state index contributed by atoms with van der Waals surface area (Å²) in [7, 11) is -1.37. The molecule has 0 atom stereocenters. The van der Waals surface area contributed by atoms with Crippen LogP contribution < -0.4 is 5.19 Å². The van der Waals surface area contributed by atoms with E-state index in [0.29, 0.717) is 0 Å². The largest absolute Gasteiger partial charge is 0.151 e. The molecular formula is C15H18N2Si. The number of rotatable bonds is 3. The molecule has 0 aliphatic carbocycles. The maximum absolute atomic E-state index is 4.40. The average molecular weight is 254 g/mol. The predicted molar refractivity (Wildman–Crippen MR) is 80.0 cm³/mol. The summed E-state index contributed by atoms with van der Waals surface area (Å²) < 4.78 is 0. The highest BCUT2D eigenvalue weighted by molar-refractivity contribution is 6.89. The van der Waals surface area contributed by atoms with Crippen molar-refractivity contribution in [3.8, 4) is 0 Å². The van der Waals surface area contributed by atoms with Crippen molar-refractivity contribution < 1.29 is 0 Å². The van der Waals surface area contributed by atoms with Gasteiger partial charge in [-0.1, -0.05) is 56.0 Å². The highest BCUT2D eigenvalue weighted by Crippen LogP contribution is 2.18. The van der Waals surface area contributed by atoms with E-state index in [1.54, 1.807) is 0 Å². The van der Waals surface area contributed by atoms with Crippen molar-refractivity contribution in [3.63, 3.8) is 0 Å². The number of azo groups is 1. The fraction of sp³-hybridized carbons (Fsp3) is 0.200. The highest BCUT2D eigenvalue weighted by Gasteiger charge is 2.19. The van der Waals surface area contributed by atoms with Gasteiger partial charge in [-0.05, 0) is 23.4 Å². The van der Waals surface area contributed by atoms with Crippen LogP contribution >= 0.6 is 0 Å². The SMILES string of the molecule is C[Si](C)(C)c1ccccc1N=Nc1ccccc1. The Kier molecular flexibility index (Phi) is 3.72. The molecule has 0 fully saturated rings. The quantitative estimate of drug-likeness (QED) is 0.563. The van der Waals surface area contributed by atoms with Gasteiger partial charge in [0.25, 0.3) is 0 Å². The van der Waals surface area contributed by atoms with Gasteiger partial charge >= 0.3 is 0 Å². The van der Waals surface area contributed by atoms with E-state index in [9.17, 15) is 0 Å². The van der Waals surface area contributed by atoms with Gasteiger partial charge in [-0.2, -0.15) is 10.2 Å². The molecule has 0 aromatic heterocycles. The standard InChI is InChI=1S/C15H18N2Si/c1-18(2,3)15-12-8-7-11-14(15)17-16-13-9-5-4-6-10-13/h4-12H,1-3H3. The molecule has 0 heterocycles. The summed E-state index contributed by atoms with van der Waals surface area (Å²) in [6, 6.07) is 18.2. The second-order valence-corrected chi connectivity index (χ2v) is 10.3. The molecule has 2 aromatic carbocycles. The summed E-state index contributed by atoms with van der Waals surface area (Å²) in [6.45, 7) is 6.97. The second kappa shape index (κ2) is 5.27. The molecule has 0 aliphatic rings. The first-order valence-electron chi connectivity index (χ1n) is 6.14. The molecule has 0 spiro atoms. The zero-order valence-corrected chi connectivity index (χ0v) is 12.1. The van der Waals surface area contributed by atoms with Crippen LogP contribution in [0.1, 0.15) is 0 Å². The summed E-state index contributed by atoms with van der Waals surface area (Å²) >= 11 is 0. The predicted octanol–water partition coefficient (Wildman–Crippen LogP) is 4.65. The monoisotopic (exact) mass is 254 g/mol. The molecule has 92 valence electrons. The molecular weight excluding hydrogens is 236 g/mol. The molecule has 0 radical (unpaired) electrons. The lowest BCUT2D eigenvalue weighted by molar-refractivity contribution is 1.24. The van der Waals surface area contributed by atoms with Crippen molar-refractivity contribution in [3.05, 3.63) is 54.6 Å². The van der Waals surface area contributed by atoms with Gasteiger partial charge in [0.05, 0.1) is 19.4 Å². The molecule has 0 saturated carbocycles. The van der Waals surface area contributed by atoms with Gasteiger partial charge in [0.15, 0.2) is 0 Å². The molecule has 0 saturated heterocycles. The van der Waals surface area contributed by atoms with Gasteiger partial charge in [0, 0.05) is 0 Å². The summed E-state index contributed by atoms with van der Waals surface area (Å²) in [5.41, 5.74) is 1.89. The molecule has 3 heteroatoms. The van der Waals surface area contributed by atoms with Crippen LogP contribution in [-0.4, -0.2) is 8.07 Å². The first kappa shape index (κ1) is 12.7. The fourth-order valence-corrected chi connectivity index (χ4v) is 3.30. The van der Waals surface area contributed by atoms with Crippen LogP contribution in [0.5, 0.6) is 0 Å². The molecule has 2 nitrogen and oxygen atoms in total.